The predicted molar refractivity (Wildman–Crippen MR) is 63.5 cm³/mol. The molecule has 8 heteroatoms. The lowest BCUT2D eigenvalue weighted by Crippen LogP contribution is -2.13. The zero-order valence-corrected chi connectivity index (χ0v) is 10.4. The monoisotopic (exact) mass is 271 g/mol. The van der Waals surface area contributed by atoms with Crippen LogP contribution in [0.4, 0.5) is 19.0 Å². The van der Waals surface area contributed by atoms with Gasteiger partial charge in [-0.25, -0.2) is 9.97 Å². The van der Waals surface area contributed by atoms with Crippen LogP contribution >= 0.6 is 0 Å². The molecule has 0 fully saturated rings. The number of hydrogen-bond donors (Lipinski definition) is 1. The fourth-order valence-electron chi connectivity index (χ4n) is 1.64. The van der Waals surface area contributed by atoms with E-state index >= 15 is 0 Å². The Labute approximate surface area is 107 Å². The number of aromatic nitrogens is 4. The number of halogens is 3. The summed E-state index contributed by atoms with van der Waals surface area (Å²) in [6, 6.07) is 3.07. The number of rotatable bonds is 3. The topological polar surface area (TPSA) is 55.6 Å². The molecule has 2 rings (SSSR count). The molecular formula is C11H12F3N5. The van der Waals surface area contributed by atoms with Gasteiger partial charge in [-0.05, 0) is 13.0 Å². The molecule has 0 saturated carbocycles. The van der Waals surface area contributed by atoms with Crippen LogP contribution in [0.2, 0.25) is 0 Å². The molecule has 0 aliphatic carbocycles. The minimum atomic E-state index is -4.58. The molecule has 102 valence electrons. The first-order chi connectivity index (χ1) is 8.95. The summed E-state index contributed by atoms with van der Waals surface area (Å²) in [7, 11) is 1.50. The minimum absolute atomic E-state index is 0.112. The molecule has 5 nitrogen and oxygen atoms in total. The molecule has 19 heavy (non-hydrogen) atoms. The summed E-state index contributed by atoms with van der Waals surface area (Å²) in [6.45, 7) is 2.39. The van der Waals surface area contributed by atoms with E-state index in [1.807, 2.05) is 6.92 Å². The van der Waals surface area contributed by atoms with E-state index in [-0.39, 0.29) is 11.5 Å². The third-order valence-electron chi connectivity index (χ3n) is 2.51. The Morgan fingerprint density at radius 2 is 2.05 bits per heavy atom. The highest BCUT2D eigenvalue weighted by molar-refractivity contribution is 5.58. The van der Waals surface area contributed by atoms with E-state index in [4.69, 9.17) is 0 Å². The largest absolute Gasteiger partial charge is 0.451 e. The maximum Gasteiger partial charge on any atom is 0.451 e. The van der Waals surface area contributed by atoms with Gasteiger partial charge in [0.1, 0.15) is 5.82 Å². The van der Waals surface area contributed by atoms with Crippen molar-refractivity contribution in [2.45, 2.75) is 19.6 Å². The Kier molecular flexibility index (Phi) is 3.41. The van der Waals surface area contributed by atoms with Crippen LogP contribution < -0.4 is 5.32 Å². The first kappa shape index (κ1) is 13.3. The number of nitrogens with one attached hydrogen (secondary N) is 1. The van der Waals surface area contributed by atoms with Gasteiger partial charge in [0.2, 0.25) is 5.82 Å². The van der Waals surface area contributed by atoms with Gasteiger partial charge in [-0.2, -0.15) is 18.3 Å². The Balaban J connectivity index is 2.57. The Morgan fingerprint density at radius 1 is 1.32 bits per heavy atom. The SMILES string of the molecule is CCn1nccc1-c1cc(NC)nc(C(F)(F)F)n1. The van der Waals surface area contributed by atoms with Crippen LogP contribution in [0.25, 0.3) is 11.4 Å². The highest BCUT2D eigenvalue weighted by atomic mass is 19.4. The van der Waals surface area contributed by atoms with Crippen molar-refractivity contribution >= 4 is 5.82 Å². The van der Waals surface area contributed by atoms with Gasteiger partial charge in [0, 0.05) is 25.9 Å². The van der Waals surface area contributed by atoms with Crippen molar-refractivity contribution in [1.29, 1.82) is 0 Å². The zero-order chi connectivity index (χ0) is 14.0. The summed E-state index contributed by atoms with van der Waals surface area (Å²) in [4.78, 5) is 6.98. The number of aryl methyl sites for hydroxylation is 1. The number of hydrogen-bond acceptors (Lipinski definition) is 4. The molecular weight excluding hydrogens is 259 g/mol. The predicted octanol–water partition coefficient (Wildman–Crippen LogP) is 2.42. The van der Waals surface area contributed by atoms with E-state index < -0.39 is 12.0 Å². The Hall–Kier alpha value is -2.12. The smallest absolute Gasteiger partial charge is 0.373 e. The van der Waals surface area contributed by atoms with Gasteiger partial charge >= 0.3 is 6.18 Å². The summed E-state index contributed by atoms with van der Waals surface area (Å²) in [6.07, 6.45) is -3.06. The van der Waals surface area contributed by atoms with Gasteiger partial charge in [0.05, 0.1) is 11.4 Å². The first-order valence-electron chi connectivity index (χ1n) is 5.62. The lowest BCUT2D eigenvalue weighted by molar-refractivity contribution is -0.144. The van der Waals surface area contributed by atoms with Gasteiger partial charge < -0.3 is 5.32 Å². The van der Waals surface area contributed by atoms with Crippen molar-refractivity contribution in [3.05, 3.63) is 24.2 Å². The second-order valence-electron chi connectivity index (χ2n) is 3.74. The molecule has 0 atom stereocenters. The van der Waals surface area contributed by atoms with Gasteiger partial charge in [0.15, 0.2) is 0 Å². The summed E-state index contributed by atoms with van der Waals surface area (Å²) in [5.41, 5.74) is 0.706. The first-order valence-corrected chi connectivity index (χ1v) is 5.62. The molecule has 2 heterocycles. The van der Waals surface area contributed by atoms with Crippen molar-refractivity contribution < 1.29 is 13.2 Å². The number of nitrogens with zero attached hydrogens (tertiary/aromatic N) is 4. The van der Waals surface area contributed by atoms with Crippen molar-refractivity contribution in [3.8, 4) is 11.4 Å². The summed E-state index contributed by atoms with van der Waals surface area (Å²) < 4.78 is 39.8. The fraction of sp³-hybridized carbons (Fsp3) is 0.364. The standard InChI is InChI=1S/C11H12F3N5/c1-3-19-8(4-5-16-19)7-6-9(15-2)18-10(17-7)11(12,13)14/h4-6H,3H2,1-2H3,(H,15,17,18). The van der Waals surface area contributed by atoms with Gasteiger partial charge in [-0.1, -0.05) is 0 Å². The molecule has 1 N–H and O–H groups in total. The lowest BCUT2D eigenvalue weighted by Gasteiger charge is -2.10. The maximum absolute atomic E-state index is 12.7. The number of alkyl halides is 3. The van der Waals surface area contributed by atoms with Crippen molar-refractivity contribution in [2.75, 3.05) is 12.4 Å². The molecule has 0 unspecified atom stereocenters. The highest BCUT2D eigenvalue weighted by Gasteiger charge is 2.35. The van der Waals surface area contributed by atoms with Crippen LogP contribution in [-0.4, -0.2) is 26.8 Å². The third-order valence-corrected chi connectivity index (χ3v) is 2.51. The minimum Gasteiger partial charge on any atom is -0.373 e. The zero-order valence-electron chi connectivity index (χ0n) is 10.4. The fourth-order valence-corrected chi connectivity index (χ4v) is 1.64. The maximum atomic E-state index is 12.7. The normalized spacial score (nSPS) is 11.6. The van der Waals surface area contributed by atoms with E-state index in [1.165, 1.54) is 19.3 Å². The summed E-state index contributed by atoms with van der Waals surface area (Å²) >= 11 is 0. The molecule has 0 spiro atoms. The van der Waals surface area contributed by atoms with Crippen LogP contribution in [-0.2, 0) is 12.7 Å². The molecule has 0 saturated heterocycles. The highest BCUT2D eigenvalue weighted by Crippen LogP contribution is 2.29. The van der Waals surface area contributed by atoms with Crippen LogP contribution in [0.3, 0.4) is 0 Å². The molecule has 0 aromatic carbocycles. The second-order valence-corrected chi connectivity index (χ2v) is 3.74. The molecule has 0 aliphatic rings. The molecule has 2 aromatic heterocycles. The van der Waals surface area contributed by atoms with Crippen molar-refractivity contribution in [1.82, 2.24) is 19.7 Å². The molecule has 0 amide bonds. The van der Waals surface area contributed by atoms with Gasteiger partial charge in [-0.15, -0.1) is 0 Å². The molecule has 2 aromatic rings. The quantitative estimate of drug-likeness (QED) is 0.931. The Bertz CT molecular complexity index is 576. The van der Waals surface area contributed by atoms with Crippen LogP contribution in [0, 0.1) is 0 Å². The van der Waals surface area contributed by atoms with Gasteiger partial charge in [-0.3, -0.25) is 4.68 Å². The average molecular weight is 271 g/mol. The van der Waals surface area contributed by atoms with Crippen molar-refractivity contribution in [2.24, 2.45) is 0 Å². The molecule has 0 radical (unpaired) electrons. The number of anilines is 1. The summed E-state index contributed by atoms with van der Waals surface area (Å²) in [5, 5.41) is 6.61. The Morgan fingerprint density at radius 3 is 2.63 bits per heavy atom. The van der Waals surface area contributed by atoms with Gasteiger partial charge in [0.25, 0.3) is 0 Å². The molecule has 0 bridgehead atoms. The third kappa shape index (κ3) is 2.67. The second kappa shape index (κ2) is 4.87. The summed E-state index contributed by atoms with van der Waals surface area (Å²) in [5.74, 6) is -1.06. The lowest BCUT2D eigenvalue weighted by atomic mass is 10.3. The van der Waals surface area contributed by atoms with Crippen LogP contribution in [0.15, 0.2) is 18.3 Å². The van der Waals surface area contributed by atoms with E-state index in [1.54, 1.807) is 10.7 Å². The van der Waals surface area contributed by atoms with E-state index in [0.29, 0.717) is 12.2 Å². The van der Waals surface area contributed by atoms with Crippen LogP contribution in [0.1, 0.15) is 12.7 Å². The van der Waals surface area contributed by atoms with E-state index in [9.17, 15) is 13.2 Å². The average Bonchev–Trinajstić information content (AvgIpc) is 2.85. The van der Waals surface area contributed by atoms with E-state index in [0.717, 1.165) is 0 Å². The van der Waals surface area contributed by atoms with Crippen molar-refractivity contribution in [3.63, 3.8) is 0 Å². The molecule has 0 aliphatic heterocycles. The van der Waals surface area contributed by atoms with Crippen LogP contribution in [0.5, 0.6) is 0 Å². The van der Waals surface area contributed by atoms with E-state index in [2.05, 4.69) is 20.4 Å².